The summed E-state index contributed by atoms with van der Waals surface area (Å²) in [7, 11) is 0. The van der Waals surface area contributed by atoms with Gasteiger partial charge in [-0.2, -0.15) is 0 Å². The Bertz CT molecular complexity index is 897. The molecule has 2 N–H and O–H groups in total. The molecule has 172 valence electrons. The van der Waals surface area contributed by atoms with Crippen LogP contribution in [0.5, 0.6) is 0 Å². The zero-order valence-corrected chi connectivity index (χ0v) is 20.0. The minimum absolute atomic E-state index is 0.470. The normalized spacial score (nSPS) is 17.0. The number of unbranched alkanes of at least 4 members (excludes halogenated alkanes) is 4. The third kappa shape index (κ3) is 7.98. The highest BCUT2D eigenvalue weighted by molar-refractivity contribution is 5.85. The first-order chi connectivity index (χ1) is 15.9. The second-order valence-corrected chi connectivity index (χ2v) is 8.84. The fraction of sp³-hybridized carbons (Fsp3) is 0.467. The Morgan fingerprint density at radius 3 is 2.19 bits per heavy atom. The summed E-state index contributed by atoms with van der Waals surface area (Å²) in [5.74, 6) is 0. The van der Waals surface area contributed by atoms with Crippen molar-refractivity contribution >= 4 is 10.9 Å². The molecule has 2 heterocycles. The third-order valence-electron chi connectivity index (χ3n) is 6.28. The van der Waals surface area contributed by atoms with E-state index in [0.717, 1.165) is 38.6 Å². The number of rotatable bonds is 14. The molecule has 2 nitrogen and oxygen atoms in total. The molecular formula is C30H42N2. The van der Waals surface area contributed by atoms with E-state index >= 15 is 0 Å². The first kappa shape index (κ1) is 24.3. The van der Waals surface area contributed by atoms with Gasteiger partial charge >= 0.3 is 0 Å². The predicted molar refractivity (Wildman–Crippen MR) is 141 cm³/mol. The maximum atomic E-state index is 3.71. The highest BCUT2D eigenvalue weighted by Gasteiger charge is 2.22. The second kappa shape index (κ2) is 14.7. The Morgan fingerprint density at radius 1 is 0.812 bits per heavy atom. The van der Waals surface area contributed by atoms with Crippen LogP contribution in [-0.4, -0.2) is 11.5 Å². The number of aromatic nitrogens is 1. The Kier molecular flexibility index (Phi) is 11.2. The average Bonchev–Trinajstić information content (AvgIpc) is 3.20. The minimum Gasteiger partial charge on any atom is -0.357 e. The molecule has 0 unspecified atom stereocenters. The summed E-state index contributed by atoms with van der Waals surface area (Å²) in [4.78, 5) is 3.67. The molecule has 3 rings (SSSR count). The van der Waals surface area contributed by atoms with Crippen LogP contribution in [0, 0.1) is 0 Å². The highest BCUT2D eigenvalue weighted by Crippen LogP contribution is 2.32. The Hall–Kier alpha value is -2.32. The second-order valence-electron chi connectivity index (χ2n) is 8.84. The van der Waals surface area contributed by atoms with Crippen molar-refractivity contribution < 1.29 is 0 Å². The molecule has 1 aliphatic rings. The number of H-pyrrole nitrogens is 1. The highest BCUT2D eigenvalue weighted by atomic mass is 15.0. The van der Waals surface area contributed by atoms with E-state index in [4.69, 9.17) is 0 Å². The van der Waals surface area contributed by atoms with Crippen LogP contribution < -0.4 is 5.32 Å². The van der Waals surface area contributed by atoms with Gasteiger partial charge in [0.05, 0.1) is 0 Å². The number of allylic oxidation sites excluding steroid dienone is 8. The molecule has 0 radical (unpaired) electrons. The van der Waals surface area contributed by atoms with Gasteiger partial charge in [-0.1, -0.05) is 86.6 Å². The van der Waals surface area contributed by atoms with E-state index in [9.17, 15) is 0 Å². The van der Waals surface area contributed by atoms with E-state index in [1.165, 1.54) is 60.7 Å². The van der Waals surface area contributed by atoms with Crippen LogP contribution in [0.25, 0.3) is 10.9 Å². The largest absolute Gasteiger partial charge is 0.357 e. The van der Waals surface area contributed by atoms with E-state index in [1.807, 2.05) is 0 Å². The van der Waals surface area contributed by atoms with Crippen molar-refractivity contribution in [3.8, 4) is 0 Å². The molecule has 2 aromatic rings. The molecule has 1 aromatic carbocycles. The zero-order valence-electron chi connectivity index (χ0n) is 20.0. The molecule has 0 amide bonds. The number of para-hydroxylation sites is 1. The Balaban J connectivity index is 1.26. The van der Waals surface area contributed by atoms with Crippen LogP contribution in [-0.2, 0) is 6.42 Å². The SMILES string of the molecule is CCCCC/C=C\C/C=C\C/C=C\C/C=C\CCC[C@@H]1NCCc2c1[nH]c1ccccc21. The van der Waals surface area contributed by atoms with Gasteiger partial charge in [-0.15, -0.1) is 0 Å². The lowest BCUT2D eigenvalue weighted by atomic mass is 9.96. The van der Waals surface area contributed by atoms with Gasteiger partial charge in [-0.05, 0) is 76.0 Å². The molecule has 0 spiro atoms. The monoisotopic (exact) mass is 430 g/mol. The van der Waals surface area contributed by atoms with Crippen molar-refractivity contribution in [2.45, 2.75) is 83.6 Å². The molecule has 1 aliphatic heterocycles. The lowest BCUT2D eigenvalue weighted by molar-refractivity contribution is 0.457. The van der Waals surface area contributed by atoms with Gasteiger partial charge in [-0.3, -0.25) is 0 Å². The minimum atomic E-state index is 0.470. The Morgan fingerprint density at radius 2 is 1.47 bits per heavy atom. The molecule has 2 heteroatoms. The van der Waals surface area contributed by atoms with Gasteiger partial charge in [-0.25, -0.2) is 0 Å². The van der Waals surface area contributed by atoms with Crippen molar-refractivity contribution in [2.24, 2.45) is 0 Å². The topological polar surface area (TPSA) is 27.8 Å². The van der Waals surface area contributed by atoms with Crippen LogP contribution in [0.1, 0.15) is 88.4 Å². The molecular weight excluding hydrogens is 388 g/mol. The van der Waals surface area contributed by atoms with Gasteiger partial charge in [0.1, 0.15) is 0 Å². The molecule has 32 heavy (non-hydrogen) atoms. The fourth-order valence-electron chi connectivity index (χ4n) is 4.51. The first-order valence-electron chi connectivity index (χ1n) is 12.8. The van der Waals surface area contributed by atoms with E-state index in [-0.39, 0.29) is 0 Å². The molecule has 0 bridgehead atoms. The summed E-state index contributed by atoms with van der Waals surface area (Å²) in [5.41, 5.74) is 4.23. The Labute approximate surface area is 195 Å². The van der Waals surface area contributed by atoms with Gasteiger partial charge in [0.2, 0.25) is 0 Å². The molecule has 0 aliphatic carbocycles. The van der Waals surface area contributed by atoms with E-state index in [2.05, 4.69) is 90.1 Å². The number of benzene rings is 1. The van der Waals surface area contributed by atoms with E-state index in [1.54, 1.807) is 0 Å². The van der Waals surface area contributed by atoms with E-state index < -0.39 is 0 Å². The van der Waals surface area contributed by atoms with Crippen LogP contribution in [0.3, 0.4) is 0 Å². The maximum absolute atomic E-state index is 3.71. The van der Waals surface area contributed by atoms with Crippen molar-refractivity contribution in [3.05, 3.63) is 84.1 Å². The van der Waals surface area contributed by atoms with Crippen LogP contribution in [0.4, 0.5) is 0 Å². The summed E-state index contributed by atoms with van der Waals surface area (Å²) in [6, 6.07) is 9.19. The number of nitrogens with one attached hydrogen (secondary N) is 2. The number of hydrogen-bond donors (Lipinski definition) is 2. The summed E-state index contributed by atoms with van der Waals surface area (Å²) >= 11 is 0. The van der Waals surface area contributed by atoms with Crippen molar-refractivity contribution in [1.82, 2.24) is 10.3 Å². The quantitative estimate of drug-likeness (QED) is 0.228. The fourth-order valence-corrected chi connectivity index (χ4v) is 4.51. The van der Waals surface area contributed by atoms with E-state index in [0.29, 0.717) is 6.04 Å². The van der Waals surface area contributed by atoms with Crippen LogP contribution >= 0.6 is 0 Å². The maximum Gasteiger partial charge on any atom is 0.0476 e. The van der Waals surface area contributed by atoms with Crippen LogP contribution in [0.15, 0.2) is 72.9 Å². The van der Waals surface area contributed by atoms with Gasteiger partial charge in [0.25, 0.3) is 0 Å². The average molecular weight is 431 g/mol. The molecule has 0 fully saturated rings. The van der Waals surface area contributed by atoms with Crippen molar-refractivity contribution in [3.63, 3.8) is 0 Å². The smallest absolute Gasteiger partial charge is 0.0476 e. The summed E-state index contributed by atoms with van der Waals surface area (Å²) in [5, 5.41) is 5.13. The molecule has 1 aromatic heterocycles. The summed E-state index contributed by atoms with van der Waals surface area (Å²) in [6.45, 7) is 3.34. The lowest BCUT2D eigenvalue weighted by Gasteiger charge is -2.24. The molecule has 1 atom stereocenters. The van der Waals surface area contributed by atoms with Gasteiger partial charge in [0, 0.05) is 22.6 Å². The van der Waals surface area contributed by atoms with Crippen molar-refractivity contribution in [2.75, 3.05) is 6.54 Å². The number of hydrogen-bond acceptors (Lipinski definition) is 1. The number of aromatic amines is 1. The predicted octanol–water partition coefficient (Wildman–Crippen LogP) is 8.50. The summed E-state index contributed by atoms with van der Waals surface area (Å²) in [6.07, 6.45) is 31.4. The summed E-state index contributed by atoms with van der Waals surface area (Å²) < 4.78 is 0. The zero-order chi connectivity index (χ0) is 22.3. The number of fused-ring (bicyclic) bond motifs is 3. The van der Waals surface area contributed by atoms with Crippen LogP contribution in [0.2, 0.25) is 0 Å². The molecule has 0 saturated heterocycles. The van der Waals surface area contributed by atoms with Gasteiger partial charge in [0.15, 0.2) is 0 Å². The first-order valence-corrected chi connectivity index (χ1v) is 12.8. The van der Waals surface area contributed by atoms with Crippen molar-refractivity contribution in [1.29, 1.82) is 0 Å². The molecule has 0 saturated carbocycles. The third-order valence-corrected chi connectivity index (χ3v) is 6.28. The lowest BCUT2D eigenvalue weighted by Crippen LogP contribution is -2.29. The standard InChI is InChI=1S/C30H42N2/c1-2-3-4-5-6-7-8-9-10-11-12-13-14-15-16-17-18-23-29-30-27(24-25-31-29)26-21-19-20-22-28(26)32-30/h6-7,9-10,12-13,15-16,19-22,29,31-32H,2-5,8,11,14,17-18,23-25H2,1H3/b7-6-,10-9-,13-12-,16-15-/t29-/m0/s1. The van der Waals surface area contributed by atoms with Gasteiger partial charge < -0.3 is 10.3 Å².